The number of aliphatic hydroxyl groups is 1. The molecular weight excluding hydrogens is 322 g/mol. The van der Waals surface area contributed by atoms with Crippen molar-refractivity contribution in [2.75, 3.05) is 6.54 Å². The fourth-order valence-electron chi connectivity index (χ4n) is 2.93. The van der Waals surface area contributed by atoms with Gasteiger partial charge in [-0.15, -0.1) is 11.3 Å². The van der Waals surface area contributed by atoms with E-state index in [9.17, 15) is 18.7 Å². The minimum Gasteiger partial charge on any atom is -0.391 e. The maximum absolute atomic E-state index is 14.1. The topological polar surface area (TPSA) is 53.4 Å². The Labute approximate surface area is 136 Å². The summed E-state index contributed by atoms with van der Waals surface area (Å²) in [7, 11) is 0. The predicted molar refractivity (Wildman–Crippen MR) is 82.3 cm³/mol. The molecule has 3 rings (SSSR count). The molecule has 2 aromatic rings. The zero-order valence-corrected chi connectivity index (χ0v) is 13.3. The second-order valence-corrected chi connectivity index (χ2v) is 6.37. The van der Waals surface area contributed by atoms with Crippen LogP contribution in [0.4, 0.5) is 8.78 Å². The minimum absolute atomic E-state index is 0.0949. The molecule has 1 aliphatic heterocycles. The fourth-order valence-corrected chi connectivity index (χ4v) is 3.77. The van der Waals surface area contributed by atoms with E-state index in [1.807, 2.05) is 6.92 Å². The highest BCUT2D eigenvalue weighted by atomic mass is 32.1. The Bertz CT molecular complexity index is 735. The number of carbonyl (C=O) groups is 1. The van der Waals surface area contributed by atoms with Gasteiger partial charge >= 0.3 is 0 Å². The normalized spacial score (nSPS) is 21.0. The van der Waals surface area contributed by atoms with Crippen LogP contribution in [0.2, 0.25) is 0 Å². The number of benzene rings is 1. The first-order chi connectivity index (χ1) is 11.0. The Morgan fingerprint density at radius 2 is 2.26 bits per heavy atom. The number of hydrogen-bond donors (Lipinski definition) is 1. The number of aryl methyl sites for hydroxylation is 1. The molecule has 1 amide bonds. The van der Waals surface area contributed by atoms with Crippen molar-refractivity contribution in [2.24, 2.45) is 0 Å². The predicted octanol–water partition coefficient (Wildman–Crippen LogP) is 2.93. The van der Waals surface area contributed by atoms with Gasteiger partial charge in [-0.05, 0) is 31.0 Å². The van der Waals surface area contributed by atoms with E-state index in [2.05, 4.69) is 4.98 Å². The first kappa shape index (κ1) is 16.0. The lowest BCUT2D eigenvalue weighted by Gasteiger charge is -2.25. The van der Waals surface area contributed by atoms with E-state index in [4.69, 9.17) is 0 Å². The minimum atomic E-state index is -0.760. The third-order valence-electron chi connectivity index (χ3n) is 4.03. The Kier molecular flexibility index (Phi) is 4.41. The molecule has 1 N–H and O–H groups in total. The molecule has 7 heteroatoms. The number of halogens is 2. The molecule has 1 aliphatic rings. The zero-order valence-electron chi connectivity index (χ0n) is 12.5. The average molecular weight is 338 g/mol. The van der Waals surface area contributed by atoms with Gasteiger partial charge in [0.1, 0.15) is 16.5 Å². The van der Waals surface area contributed by atoms with E-state index >= 15 is 0 Å². The third kappa shape index (κ3) is 2.98. The van der Waals surface area contributed by atoms with E-state index in [0.29, 0.717) is 17.0 Å². The highest BCUT2D eigenvalue weighted by Crippen LogP contribution is 2.36. The van der Waals surface area contributed by atoms with E-state index in [1.54, 1.807) is 5.51 Å². The van der Waals surface area contributed by atoms with Crippen molar-refractivity contribution in [1.29, 1.82) is 0 Å². The quantitative estimate of drug-likeness (QED) is 0.936. The summed E-state index contributed by atoms with van der Waals surface area (Å²) in [6, 6.07) is 2.49. The second-order valence-electron chi connectivity index (χ2n) is 5.51. The molecule has 0 radical (unpaired) electrons. The highest BCUT2D eigenvalue weighted by Gasteiger charge is 2.38. The van der Waals surface area contributed by atoms with Gasteiger partial charge in [-0.3, -0.25) is 4.79 Å². The summed E-state index contributed by atoms with van der Waals surface area (Å²) >= 11 is 1.22. The SMILES string of the molecule is CCc1ncsc1C(=O)N1CC(O)CC1c1cc(F)ccc1F. The van der Waals surface area contributed by atoms with Crippen LogP contribution in [-0.4, -0.2) is 33.5 Å². The number of aromatic nitrogens is 1. The summed E-state index contributed by atoms with van der Waals surface area (Å²) in [6.07, 6.45) is 0.0383. The van der Waals surface area contributed by atoms with Crippen LogP contribution in [0.5, 0.6) is 0 Å². The number of nitrogens with zero attached hydrogens (tertiary/aromatic N) is 2. The van der Waals surface area contributed by atoms with Gasteiger partial charge in [0.15, 0.2) is 0 Å². The van der Waals surface area contributed by atoms with Crippen LogP contribution in [0.1, 0.15) is 40.3 Å². The molecule has 2 heterocycles. The molecule has 1 aromatic carbocycles. The molecule has 1 fully saturated rings. The third-order valence-corrected chi connectivity index (χ3v) is 4.88. The number of β-amino-alcohol motifs (C(OH)–C–C–N with tert-alkyl or cyclic N) is 1. The number of amides is 1. The Morgan fingerprint density at radius 1 is 1.48 bits per heavy atom. The van der Waals surface area contributed by atoms with Crippen LogP contribution in [0, 0.1) is 11.6 Å². The largest absolute Gasteiger partial charge is 0.391 e. The Morgan fingerprint density at radius 3 is 3.00 bits per heavy atom. The van der Waals surface area contributed by atoms with Crippen LogP contribution in [0.15, 0.2) is 23.7 Å². The lowest BCUT2D eigenvalue weighted by Crippen LogP contribution is -2.32. The van der Waals surface area contributed by atoms with Gasteiger partial charge in [-0.25, -0.2) is 13.8 Å². The maximum Gasteiger partial charge on any atom is 0.266 e. The highest BCUT2D eigenvalue weighted by molar-refractivity contribution is 7.11. The summed E-state index contributed by atoms with van der Waals surface area (Å²) in [6.45, 7) is 1.99. The van der Waals surface area contributed by atoms with Crippen molar-refractivity contribution in [3.05, 3.63) is 51.5 Å². The van der Waals surface area contributed by atoms with Crippen molar-refractivity contribution >= 4 is 17.2 Å². The number of thiazole rings is 1. The number of carbonyl (C=O) groups excluding carboxylic acids is 1. The van der Waals surface area contributed by atoms with Gasteiger partial charge in [-0.2, -0.15) is 0 Å². The summed E-state index contributed by atoms with van der Waals surface area (Å²) in [4.78, 5) is 18.8. The van der Waals surface area contributed by atoms with Gasteiger partial charge in [-0.1, -0.05) is 6.92 Å². The van der Waals surface area contributed by atoms with E-state index in [-0.39, 0.29) is 24.4 Å². The summed E-state index contributed by atoms with van der Waals surface area (Å²) in [5, 5.41) is 9.94. The van der Waals surface area contributed by atoms with Gasteiger partial charge in [0.05, 0.1) is 23.4 Å². The summed E-state index contributed by atoms with van der Waals surface area (Å²) < 4.78 is 27.6. The van der Waals surface area contributed by atoms with E-state index in [0.717, 1.165) is 18.2 Å². The molecular formula is C16H16F2N2O2S. The Balaban J connectivity index is 1.97. The van der Waals surface area contributed by atoms with Crippen molar-refractivity contribution in [1.82, 2.24) is 9.88 Å². The molecule has 0 aliphatic carbocycles. The van der Waals surface area contributed by atoms with Crippen LogP contribution in [0.25, 0.3) is 0 Å². The lowest BCUT2D eigenvalue weighted by atomic mass is 10.0. The van der Waals surface area contributed by atoms with Gasteiger partial charge in [0.2, 0.25) is 0 Å². The van der Waals surface area contributed by atoms with Crippen LogP contribution in [-0.2, 0) is 6.42 Å². The first-order valence-corrected chi connectivity index (χ1v) is 8.25. The molecule has 0 bridgehead atoms. The van der Waals surface area contributed by atoms with Crippen LogP contribution >= 0.6 is 11.3 Å². The molecule has 122 valence electrons. The van der Waals surface area contributed by atoms with E-state index in [1.165, 1.54) is 16.2 Å². The van der Waals surface area contributed by atoms with Gasteiger partial charge in [0, 0.05) is 12.1 Å². The molecule has 2 unspecified atom stereocenters. The molecule has 1 saturated heterocycles. The van der Waals surface area contributed by atoms with Gasteiger partial charge < -0.3 is 10.0 Å². The maximum atomic E-state index is 14.1. The van der Waals surface area contributed by atoms with E-state index < -0.39 is 23.8 Å². The van der Waals surface area contributed by atoms with Crippen LogP contribution < -0.4 is 0 Å². The molecule has 23 heavy (non-hydrogen) atoms. The smallest absolute Gasteiger partial charge is 0.266 e. The van der Waals surface area contributed by atoms with Crippen molar-refractivity contribution in [3.63, 3.8) is 0 Å². The molecule has 0 spiro atoms. The second kappa shape index (κ2) is 6.33. The summed E-state index contributed by atoms with van der Waals surface area (Å²) in [5.41, 5.74) is 2.37. The fraction of sp³-hybridized carbons (Fsp3) is 0.375. The molecule has 1 aromatic heterocycles. The first-order valence-electron chi connectivity index (χ1n) is 7.37. The standard InChI is InChI=1S/C16H16F2N2O2S/c1-2-13-15(23-8-19-13)16(22)20-7-10(21)6-14(20)11-5-9(17)3-4-12(11)18/h3-5,8,10,14,21H,2,6-7H2,1H3. The molecule has 2 atom stereocenters. The number of likely N-dealkylation sites (tertiary alicyclic amines) is 1. The lowest BCUT2D eigenvalue weighted by molar-refractivity contribution is 0.0717. The monoisotopic (exact) mass is 338 g/mol. The number of aliphatic hydroxyl groups excluding tert-OH is 1. The Hall–Kier alpha value is -1.86. The van der Waals surface area contributed by atoms with Crippen LogP contribution in [0.3, 0.4) is 0 Å². The summed E-state index contributed by atoms with van der Waals surface area (Å²) in [5.74, 6) is -1.44. The van der Waals surface area contributed by atoms with Crippen molar-refractivity contribution in [3.8, 4) is 0 Å². The van der Waals surface area contributed by atoms with Crippen molar-refractivity contribution < 1.29 is 18.7 Å². The van der Waals surface area contributed by atoms with Crippen molar-refractivity contribution in [2.45, 2.75) is 31.9 Å². The average Bonchev–Trinajstić information content (AvgIpc) is 3.15. The molecule has 0 saturated carbocycles. The number of hydrogen-bond acceptors (Lipinski definition) is 4. The molecule has 4 nitrogen and oxygen atoms in total. The number of rotatable bonds is 3. The van der Waals surface area contributed by atoms with Gasteiger partial charge in [0.25, 0.3) is 5.91 Å². The zero-order chi connectivity index (χ0) is 16.6.